The van der Waals surface area contributed by atoms with Crippen molar-refractivity contribution >= 4 is 35.3 Å². The Morgan fingerprint density at radius 3 is 2.40 bits per heavy atom. The number of rotatable bonds is 9. The van der Waals surface area contributed by atoms with Gasteiger partial charge in [-0.05, 0) is 54.9 Å². The fraction of sp³-hybridized carbons (Fsp3) is 0.556. The first-order valence-corrected chi connectivity index (χ1v) is 10.3. The fourth-order valence-electron chi connectivity index (χ4n) is 2.91. The normalized spacial score (nSPS) is 17.8. The third kappa shape index (κ3) is 6.92. The van der Waals surface area contributed by atoms with Gasteiger partial charge in [0.1, 0.15) is 18.0 Å². The molecule has 0 unspecified atom stereocenters. The number of carboxylic acid groups (broad SMARTS) is 1. The number of ketones is 1. The quantitative estimate of drug-likeness (QED) is 0.563. The molecule has 0 spiro atoms. The van der Waals surface area contributed by atoms with Crippen molar-refractivity contribution in [3.63, 3.8) is 0 Å². The van der Waals surface area contributed by atoms with Crippen molar-refractivity contribution in [1.82, 2.24) is 0 Å². The number of aliphatic hydroxyl groups excluding tert-OH is 1. The minimum Gasteiger partial charge on any atom is -0.508 e. The van der Waals surface area contributed by atoms with E-state index in [1.807, 2.05) is 35.7 Å². The number of phenols is 1. The number of thioether (sulfide) groups is 2. The van der Waals surface area contributed by atoms with Gasteiger partial charge in [0.15, 0.2) is 0 Å². The van der Waals surface area contributed by atoms with Crippen molar-refractivity contribution in [2.24, 2.45) is 0 Å². The van der Waals surface area contributed by atoms with E-state index in [1.54, 1.807) is 12.1 Å². The highest BCUT2D eigenvalue weighted by Crippen LogP contribution is 2.48. The van der Waals surface area contributed by atoms with Crippen LogP contribution in [0.3, 0.4) is 0 Å². The van der Waals surface area contributed by atoms with Crippen LogP contribution in [0, 0.1) is 0 Å². The molecule has 0 aliphatic carbocycles. The molecule has 1 saturated heterocycles. The SMILES string of the molecule is O=C(O)CC(=O)C[C@H](O)CC1(CCc2ccc(O)cc2)SCCCS1. The molecule has 1 heterocycles. The van der Waals surface area contributed by atoms with Gasteiger partial charge in [-0.3, -0.25) is 9.59 Å². The van der Waals surface area contributed by atoms with Crippen LogP contribution in [0.1, 0.15) is 37.7 Å². The van der Waals surface area contributed by atoms with Crippen LogP contribution in [0.4, 0.5) is 0 Å². The van der Waals surface area contributed by atoms with Gasteiger partial charge in [0, 0.05) is 6.42 Å². The summed E-state index contributed by atoms with van der Waals surface area (Å²) in [6.07, 6.45) is 1.85. The molecule has 25 heavy (non-hydrogen) atoms. The molecule has 1 aromatic rings. The number of aliphatic hydroxyl groups is 1. The number of carbonyl (C=O) groups is 2. The van der Waals surface area contributed by atoms with Gasteiger partial charge < -0.3 is 15.3 Å². The molecule has 0 saturated carbocycles. The number of hydrogen-bond donors (Lipinski definition) is 3. The number of benzene rings is 1. The summed E-state index contributed by atoms with van der Waals surface area (Å²) in [6.45, 7) is 0. The first-order valence-electron chi connectivity index (χ1n) is 8.36. The van der Waals surface area contributed by atoms with Gasteiger partial charge in [-0.2, -0.15) is 0 Å². The molecule has 1 aliphatic heterocycles. The number of aryl methyl sites for hydroxylation is 1. The second-order valence-corrected chi connectivity index (χ2v) is 9.51. The molecule has 0 aromatic heterocycles. The summed E-state index contributed by atoms with van der Waals surface area (Å²) in [5, 5.41) is 28.4. The molecule has 2 rings (SSSR count). The van der Waals surface area contributed by atoms with E-state index in [0.717, 1.165) is 36.3 Å². The van der Waals surface area contributed by atoms with Crippen molar-refractivity contribution in [2.75, 3.05) is 11.5 Å². The minimum atomic E-state index is -1.15. The lowest BCUT2D eigenvalue weighted by molar-refractivity contribution is -0.140. The van der Waals surface area contributed by atoms with Crippen molar-refractivity contribution < 1.29 is 24.9 Å². The Kier molecular flexibility index (Phi) is 7.65. The maximum absolute atomic E-state index is 11.6. The van der Waals surface area contributed by atoms with Gasteiger partial charge in [-0.25, -0.2) is 0 Å². The predicted molar refractivity (Wildman–Crippen MR) is 101 cm³/mol. The number of carbonyl (C=O) groups excluding carboxylic acids is 1. The zero-order chi connectivity index (χ0) is 18.3. The summed E-state index contributed by atoms with van der Waals surface area (Å²) in [5.74, 6) is 0.712. The van der Waals surface area contributed by atoms with Gasteiger partial charge in [0.05, 0.1) is 10.2 Å². The van der Waals surface area contributed by atoms with Crippen LogP contribution in [0.25, 0.3) is 0 Å². The van der Waals surface area contributed by atoms with Crippen molar-refractivity contribution in [1.29, 1.82) is 0 Å². The number of aliphatic carboxylic acids is 1. The maximum atomic E-state index is 11.6. The second-order valence-electron chi connectivity index (χ2n) is 6.30. The van der Waals surface area contributed by atoms with E-state index < -0.39 is 24.3 Å². The highest BCUT2D eigenvalue weighted by atomic mass is 32.2. The second kappa shape index (κ2) is 9.50. The molecule has 7 heteroatoms. The van der Waals surface area contributed by atoms with Gasteiger partial charge in [0.25, 0.3) is 0 Å². The molecule has 138 valence electrons. The molecular formula is C18H24O5S2. The van der Waals surface area contributed by atoms with Crippen LogP contribution in [-0.4, -0.2) is 48.8 Å². The molecular weight excluding hydrogens is 360 g/mol. The first-order chi connectivity index (χ1) is 11.9. The summed E-state index contributed by atoms with van der Waals surface area (Å²) in [7, 11) is 0. The smallest absolute Gasteiger partial charge is 0.310 e. The summed E-state index contributed by atoms with van der Waals surface area (Å²) < 4.78 is -0.154. The molecule has 5 nitrogen and oxygen atoms in total. The van der Waals surface area contributed by atoms with E-state index >= 15 is 0 Å². The van der Waals surface area contributed by atoms with Crippen molar-refractivity contribution in [3.8, 4) is 5.75 Å². The average molecular weight is 385 g/mol. The Morgan fingerprint density at radius 2 is 1.80 bits per heavy atom. The molecule has 1 fully saturated rings. The average Bonchev–Trinajstić information content (AvgIpc) is 2.54. The predicted octanol–water partition coefficient (Wildman–Crippen LogP) is 3.08. The fourth-order valence-corrected chi connectivity index (χ4v) is 6.36. The molecule has 1 aromatic carbocycles. The van der Waals surface area contributed by atoms with Crippen LogP contribution >= 0.6 is 23.5 Å². The molecule has 3 N–H and O–H groups in total. The van der Waals surface area contributed by atoms with E-state index in [0.29, 0.717) is 6.42 Å². The van der Waals surface area contributed by atoms with Crippen LogP contribution in [-0.2, 0) is 16.0 Å². The lowest BCUT2D eigenvalue weighted by Crippen LogP contribution is -2.32. The van der Waals surface area contributed by atoms with E-state index in [-0.39, 0.29) is 16.2 Å². The molecule has 1 aliphatic rings. The first kappa shape index (κ1) is 20.1. The molecule has 0 radical (unpaired) electrons. The number of Topliss-reactive ketones (excluding diaryl/α,β-unsaturated/α-hetero) is 1. The summed E-state index contributed by atoms with van der Waals surface area (Å²) >= 11 is 3.66. The minimum absolute atomic E-state index is 0.103. The number of carboxylic acids is 1. The van der Waals surface area contributed by atoms with Crippen molar-refractivity contribution in [3.05, 3.63) is 29.8 Å². The molecule has 0 bridgehead atoms. The maximum Gasteiger partial charge on any atom is 0.310 e. The van der Waals surface area contributed by atoms with Crippen LogP contribution in [0.2, 0.25) is 0 Å². The summed E-state index contributed by atoms with van der Waals surface area (Å²) in [5.41, 5.74) is 1.13. The Morgan fingerprint density at radius 1 is 1.16 bits per heavy atom. The van der Waals surface area contributed by atoms with E-state index in [4.69, 9.17) is 5.11 Å². The van der Waals surface area contributed by atoms with Gasteiger partial charge in [-0.15, -0.1) is 23.5 Å². The number of phenolic OH excluding ortho intramolecular Hbond substituents is 1. The Hall–Kier alpha value is -1.18. The van der Waals surface area contributed by atoms with Gasteiger partial charge in [-0.1, -0.05) is 12.1 Å². The van der Waals surface area contributed by atoms with E-state index in [9.17, 15) is 19.8 Å². The molecule has 0 amide bonds. The van der Waals surface area contributed by atoms with Gasteiger partial charge in [0.2, 0.25) is 0 Å². The van der Waals surface area contributed by atoms with Gasteiger partial charge >= 0.3 is 5.97 Å². The van der Waals surface area contributed by atoms with Crippen LogP contribution in [0.15, 0.2) is 24.3 Å². The Bertz CT molecular complexity index is 582. The zero-order valence-electron chi connectivity index (χ0n) is 14.0. The standard InChI is InChI=1S/C18H24O5S2/c19-14-4-2-13(3-5-14)6-7-18(24-8-1-9-25-18)12-16(21)10-15(20)11-17(22)23/h2-5,16,19,21H,1,6-12H2,(H,22,23)/t16-/m0/s1. The van der Waals surface area contributed by atoms with Crippen molar-refractivity contribution in [2.45, 2.75) is 48.7 Å². The van der Waals surface area contributed by atoms with E-state index in [2.05, 4.69) is 0 Å². The third-order valence-corrected chi connectivity index (χ3v) is 7.59. The lowest BCUT2D eigenvalue weighted by Gasteiger charge is -2.37. The number of hydrogen-bond acceptors (Lipinski definition) is 6. The Balaban J connectivity index is 1.95. The molecule has 1 atom stereocenters. The zero-order valence-corrected chi connectivity index (χ0v) is 15.7. The summed E-state index contributed by atoms with van der Waals surface area (Å²) in [6, 6.07) is 7.13. The summed E-state index contributed by atoms with van der Waals surface area (Å²) in [4.78, 5) is 22.2. The van der Waals surface area contributed by atoms with Crippen LogP contribution in [0.5, 0.6) is 5.75 Å². The topological polar surface area (TPSA) is 94.8 Å². The highest BCUT2D eigenvalue weighted by Gasteiger charge is 2.36. The monoisotopic (exact) mass is 384 g/mol. The third-order valence-electron chi connectivity index (χ3n) is 4.11. The lowest BCUT2D eigenvalue weighted by atomic mass is 10.0. The van der Waals surface area contributed by atoms with Crippen LogP contribution < -0.4 is 0 Å². The number of aromatic hydroxyl groups is 1. The van der Waals surface area contributed by atoms with E-state index in [1.165, 1.54) is 0 Å². The highest BCUT2D eigenvalue weighted by molar-refractivity contribution is 8.18. The largest absolute Gasteiger partial charge is 0.508 e. The Labute approximate surface area is 156 Å².